The molecule has 0 radical (unpaired) electrons. The molecule has 126 valence electrons. The zero-order chi connectivity index (χ0) is 17.1. The lowest BCUT2D eigenvalue weighted by atomic mass is 10.1. The van der Waals surface area contributed by atoms with Crippen LogP contribution in [0.2, 0.25) is 0 Å². The maximum atomic E-state index is 12.4. The second-order valence-electron chi connectivity index (χ2n) is 5.99. The summed E-state index contributed by atoms with van der Waals surface area (Å²) in [6.07, 6.45) is 2.13. The number of carbonyl (C=O) groups is 1. The lowest BCUT2D eigenvalue weighted by molar-refractivity contribution is 0.0952. The molecule has 2 aromatic carbocycles. The molecule has 1 aromatic heterocycles. The average Bonchev–Trinajstić information content (AvgIpc) is 3.34. The highest BCUT2D eigenvalue weighted by atomic mass is 16.1. The van der Waals surface area contributed by atoms with Gasteiger partial charge in [-0.2, -0.15) is 4.68 Å². The molecule has 4 rings (SSSR count). The first-order valence-electron chi connectivity index (χ1n) is 8.28. The lowest BCUT2D eigenvalue weighted by Crippen LogP contribution is -2.26. The van der Waals surface area contributed by atoms with Gasteiger partial charge >= 0.3 is 0 Å². The summed E-state index contributed by atoms with van der Waals surface area (Å²) in [5.41, 5.74) is 2.29. The highest BCUT2D eigenvalue weighted by Crippen LogP contribution is 2.22. The zero-order valence-electron chi connectivity index (χ0n) is 13.6. The number of anilines is 1. The van der Waals surface area contributed by atoms with Gasteiger partial charge in [0.1, 0.15) is 0 Å². The predicted octanol–water partition coefficient (Wildman–Crippen LogP) is 2.17. The fourth-order valence-corrected chi connectivity index (χ4v) is 2.59. The molecular weight excluding hydrogens is 316 g/mol. The van der Waals surface area contributed by atoms with Crippen molar-refractivity contribution in [2.45, 2.75) is 25.4 Å². The second kappa shape index (κ2) is 6.72. The van der Waals surface area contributed by atoms with Gasteiger partial charge in [-0.05, 0) is 47.5 Å². The minimum Gasteiger partial charge on any atom is -0.377 e. The smallest absolute Gasteiger partial charge is 0.253 e. The SMILES string of the molecule is O=C(NC1CC1)c1ccccc1NCc1nnnn1-c1ccccc1. The van der Waals surface area contributed by atoms with Crippen LogP contribution in [-0.4, -0.2) is 32.2 Å². The molecule has 0 unspecified atom stereocenters. The highest BCUT2D eigenvalue weighted by molar-refractivity contribution is 5.99. The third-order valence-corrected chi connectivity index (χ3v) is 4.06. The molecule has 0 saturated heterocycles. The first kappa shape index (κ1) is 15.3. The van der Waals surface area contributed by atoms with Gasteiger partial charge in [-0.15, -0.1) is 5.10 Å². The van der Waals surface area contributed by atoms with E-state index in [1.54, 1.807) is 4.68 Å². The normalized spacial score (nSPS) is 13.4. The maximum Gasteiger partial charge on any atom is 0.253 e. The summed E-state index contributed by atoms with van der Waals surface area (Å²) in [4.78, 5) is 12.4. The fraction of sp³-hybridized carbons (Fsp3) is 0.222. The number of para-hydroxylation sites is 2. The van der Waals surface area contributed by atoms with Crippen LogP contribution in [0.1, 0.15) is 29.0 Å². The second-order valence-corrected chi connectivity index (χ2v) is 5.99. The molecule has 7 heteroatoms. The van der Waals surface area contributed by atoms with Gasteiger partial charge in [0.25, 0.3) is 5.91 Å². The van der Waals surface area contributed by atoms with E-state index in [0.717, 1.165) is 24.2 Å². The molecule has 7 nitrogen and oxygen atoms in total. The largest absolute Gasteiger partial charge is 0.377 e. The Balaban J connectivity index is 1.51. The molecule has 1 saturated carbocycles. The number of nitrogens with one attached hydrogen (secondary N) is 2. The molecule has 25 heavy (non-hydrogen) atoms. The monoisotopic (exact) mass is 334 g/mol. The van der Waals surface area contributed by atoms with E-state index in [2.05, 4.69) is 26.2 Å². The third-order valence-electron chi connectivity index (χ3n) is 4.06. The summed E-state index contributed by atoms with van der Waals surface area (Å²) >= 11 is 0. The van der Waals surface area contributed by atoms with Crippen molar-refractivity contribution in [1.82, 2.24) is 25.5 Å². The number of amides is 1. The standard InChI is InChI=1S/C18H18N6O/c25-18(20-13-10-11-13)15-8-4-5-9-16(15)19-12-17-21-22-23-24(17)14-6-2-1-3-7-14/h1-9,13,19H,10-12H2,(H,20,25). The molecule has 1 aliphatic carbocycles. The van der Waals surface area contributed by atoms with Crippen molar-refractivity contribution < 1.29 is 4.79 Å². The molecule has 0 spiro atoms. The average molecular weight is 334 g/mol. The number of benzene rings is 2. The highest BCUT2D eigenvalue weighted by Gasteiger charge is 2.24. The van der Waals surface area contributed by atoms with E-state index in [1.165, 1.54) is 0 Å². The van der Waals surface area contributed by atoms with Gasteiger partial charge in [0.05, 0.1) is 17.8 Å². The van der Waals surface area contributed by atoms with Crippen LogP contribution in [0.15, 0.2) is 54.6 Å². The van der Waals surface area contributed by atoms with Gasteiger partial charge in [0, 0.05) is 11.7 Å². The van der Waals surface area contributed by atoms with Crippen molar-refractivity contribution in [3.05, 3.63) is 66.0 Å². The van der Waals surface area contributed by atoms with Crippen LogP contribution in [0.5, 0.6) is 0 Å². The molecule has 1 fully saturated rings. The van der Waals surface area contributed by atoms with Crippen LogP contribution >= 0.6 is 0 Å². The summed E-state index contributed by atoms with van der Waals surface area (Å²) in [5.74, 6) is 0.622. The Hall–Kier alpha value is -3.22. The molecular formula is C18H18N6O. The minimum absolute atomic E-state index is 0.0479. The van der Waals surface area contributed by atoms with Gasteiger partial charge in [-0.3, -0.25) is 4.79 Å². The molecule has 1 aliphatic rings. The summed E-state index contributed by atoms with van der Waals surface area (Å²) in [6.45, 7) is 0.412. The number of rotatable bonds is 6. The Bertz CT molecular complexity index is 872. The van der Waals surface area contributed by atoms with Gasteiger partial charge in [-0.1, -0.05) is 30.3 Å². The van der Waals surface area contributed by atoms with Crippen LogP contribution in [-0.2, 0) is 6.54 Å². The van der Waals surface area contributed by atoms with Crippen LogP contribution in [0, 0.1) is 0 Å². The Morgan fingerprint density at radius 1 is 1.08 bits per heavy atom. The van der Waals surface area contributed by atoms with Crippen molar-refractivity contribution in [2.75, 3.05) is 5.32 Å². The van der Waals surface area contributed by atoms with Crippen LogP contribution < -0.4 is 10.6 Å². The molecule has 2 N–H and O–H groups in total. The number of hydrogen-bond donors (Lipinski definition) is 2. The van der Waals surface area contributed by atoms with Gasteiger partial charge < -0.3 is 10.6 Å². The van der Waals surface area contributed by atoms with Gasteiger partial charge in [-0.25, -0.2) is 0 Å². The van der Waals surface area contributed by atoms with Crippen LogP contribution in [0.25, 0.3) is 5.69 Å². The Morgan fingerprint density at radius 2 is 1.84 bits per heavy atom. The van der Waals surface area contributed by atoms with Crippen molar-refractivity contribution >= 4 is 11.6 Å². The quantitative estimate of drug-likeness (QED) is 0.722. The zero-order valence-corrected chi connectivity index (χ0v) is 13.6. The van der Waals surface area contributed by atoms with E-state index in [0.29, 0.717) is 24.0 Å². The number of aromatic nitrogens is 4. The van der Waals surface area contributed by atoms with E-state index in [9.17, 15) is 4.79 Å². The topological polar surface area (TPSA) is 84.7 Å². The predicted molar refractivity (Wildman–Crippen MR) is 93.4 cm³/mol. The number of tetrazole rings is 1. The molecule has 0 bridgehead atoms. The van der Waals surface area contributed by atoms with Crippen molar-refractivity contribution in [2.24, 2.45) is 0 Å². The van der Waals surface area contributed by atoms with Gasteiger partial charge in [0.2, 0.25) is 0 Å². The lowest BCUT2D eigenvalue weighted by Gasteiger charge is -2.12. The van der Waals surface area contributed by atoms with Crippen molar-refractivity contribution in [1.29, 1.82) is 0 Å². The number of hydrogen-bond acceptors (Lipinski definition) is 5. The Labute approximate surface area is 145 Å². The maximum absolute atomic E-state index is 12.4. The molecule has 0 aliphatic heterocycles. The number of carbonyl (C=O) groups excluding carboxylic acids is 1. The van der Waals surface area contributed by atoms with Crippen molar-refractivity contribution in [3.8, 4) is 5.69 Å². The van der Waals surface area contributed by atoms with E-state index < -0.39 is 0 Å². The van der Waals surface area contributed by atoms with E-state index in [4.69, 9.17) is 0 Å². The molecule has 0 atom stereocenters. The van der Waals surface area contributed by atoms with Crippen molar-refractivity contribution in [3.63, 3.8) is 0 Å². The Kier molecular flexibility index (Phi) is 4.12. The van der Waals surface area contributed by atoms with E-state index >= 15 is 0 Å². The first-order valence-corrected chi connectivity index (χ1v) is 8.28. The summed E-state index contributed by atoms with van der Waals surface area (Å²) in [7, 11) is 0. The van der Waals surface area contributed by atoms with E-state index in [1.807, 2.05) is 54.6 Å². The number of nitrogens with zero attached hydrogens (tertiary/aromatic N) is 4. The minimum atomic E-state index is -0.0479. The molecule has 3 aromatic rings. The molecule has 1 amide bonds. The first-order chi connectivity index (χ1) is 12.3. The van der Waals surface area contributed by atoms with Crippen LogP contribution in [0.3, 0.4) is 0 Å². The summed E-state index contributed by atoms with van der Waals surface area (Å²) < 4.78 is 1.68. The van der Waals surface area contributed by atoms with E-state index in [-0.39, 0.29) is 5.91 Å². The van der Waals surface area contributed by atoms with Crippen LogP contribution in [0.4, 0.5) is 5.69 Å². The summed E-state index contributed by atoms with van der Waals surface area (Å²) in [5, 5.41) is 18.2. The third kappa shape index (κ3) is 3.50. The summed E-state index contributed by atoms with van der Waals surface area (Å²) in [6, 6.07) is 17.5. The molecule has 1 heterocycles. The fourth-order valence-electron chi connectivity index (χ4n) is 2.59. The Morgan fingerprint density at radius 3 is 2.64 bits per heavy atom. The van der Waals surface area contributed by atoms with Gasteiger partial charge in [0.15, 0.2) is 5.82 Å².